The van der Waals surface area contributed by atoms with Crippen LogP contribution in [-0.2, 0) is 0 Å². The first-order chi connectivity index (χ1) is 8.86. The van der Waals surface area contributed by atoms with Gasteiger partial charge in [-0.05, 0) is 30.5 Å². The fraction of sp³-hybridized carbons (Fsp3) is 0.125. The van der Waals surface area contributed by atoms with Gasteiger partial charge in [-0.2, -0.15) is 0 Å². The first kappa shape index (κ1) is 8.35. The molecule has 0 fully saturated rings. The molecule has 0 amide bonds. The lowest BCUT2D eigenvalue weighted by atomic mass is 9.94. The summed E-state index contributed by atoms with van der Waals surface area (Å²) < 4.78 is 15.2. The van der Waals surface area contributed by atoms with Gasteiger partial charge in [-0.3, -0.25) is 0 Å². The number of hydrogen-bond acceptors (Lipinski definition) is 0. The van der Waals surface area contributed by atoms with Crippen molar-refractivity contribution in [3.8, 4) is 0 Å². The summed E-state index contributed by atoms with van der Waals surface area (Å²) in [6.07, 6.45) is 0. The van der Waals surface area contributed by atoms with E-state index >= 15 is 0 Å². The van der Waals surface area contributed by atoms with Crippen LogP contribution in [0.4, 0.5) is 0 Å². The lowest BCUT2D eigenvalue weighted by Gasteiger charge is -2.10. The minimum absolute atomic E-state index is 0.169. The van der Waals surface area contributed by atoms with Crippen LogP contribution in [0.1, 0.15) is 27.7 Å². The van der Waals surface area contributed by atoms with E-state index in [1.807, 2.05) is 60.7 Å². The quantitative estimate of drug-likeness (QED) is 0.683. The Morgan fingerprint density at radius 3 is 1.56 bits per heavy atom. The minimum Gasteiger partial charge on any atom is -0.0680 e. The van der Waals surface area contributed by atoms with E-state index in [-0.39, 0.29) is 13.8 Å². The van der Waals surface area contributed by atoms with Gasteiger partial charge in [0.15, 0.2) is 0 Å². The largest absolute Gasteiger partial charge is 0.0680 e. The first-order valence-corrected chi connectivity index (χ1v) is 5.28. The van der Waals surface area contributed by atoms with Gasteiger partial charge in [-0.15, -0.1) is 0 Å². The molecule has 0 atom stereocenters. The standard InChI is InChI=1S/C16H16/c1-13(2)16(14-9-5-3-6-10-14)15-11-7-4-8-12-15/h3-12H,1-2H3/i1D,2D. The highest BCUT2D eigenvalue weighted by Gasteiger charge is 2.05. The van der Waals surface area contributed by atoms with Gasteiger partial charge in [0.1, 0.15) is 0 Å². The van der Waals surface area contributed by atoms with Crippen molar-refractivity contribution in [2.45, 2.75) is 13.8 Å². The molecular formula is C16H16. The Kier molecular flexibility index (Phi) is 2.50. The predicted octanol–water partition coefficient (Wildman–Crippen LogP) is 4.53. The lowest BCUT2D eigenvalue weighted by Crippen LogP contribution is -1.89. The predicted molar refractivity (Wildman–Crippen MR) is 70.3 cm³/mol. The average molecular weight is 210 g/mol. The molecule has 0 radical (unpaired) electrons. The van der Waals surface area contributed by atoms with Gasteiger partial charge in [0.25, 0.3) is 0 Å². The molecule has 0 spiro atoms. The van der Waals surface area contributed by atoms with Crippen molar-refractivity contribution in [1.82, 2.24) is 0 Å². The average Bonchev–Trinajstić information content (AvgIpc) is 2.46. The van der Waals surface area contributed by atoms with Crippen LogP contribution in [0.3, 0.4) is 0 Å². The molecule has 0 heterocycles. The molecule has 2 aromatic rings. The second-order valence-corrected chi connectivity index (χ2v) is 3.71. The SMILES string of the molecule is [2H]CC(C[2H])=C(c1ccccc1)c1ccccc1. The van der Waals surface area contributed by atoms with Gasteiger partial charge in [0, 0.05) is 2.74 Å². The van der Waals surface area contributed by atoms with Crippen LogP contribution in [0, 0.1) is 0 Å². The maximum atomic E-state index is 7.61. The molecule has 0 N–H and O–H groups in total. The number of hydrogen-bond donors (Lipinski definition) is 0. The third-order valence-corrected chi connectivity index (χ3v) is 2.48. The molecule has 16 heavy (non-hydrogen) atoms. The Hall–Kier alpha value is -1.82. The van der Waals surface area contributed by atoms with Crippen molar-refractivity contribution in [2.75, 3.05) is 0 Å². The highest BCUT2D eigenvalue weighted by molar-refractivity contribution is 5.81. The molecule has 2 rings (SSSR count). The summed E-state index contributed by atoms with van der Waals surface area (Å²) >= 11 is 0. The fourth-order valence-corrected chi connectivity index (χ4v) is 1.78. The van der Waals surface area contributed by atoms with E-state index in [4.69, 9.17) is 2.74 Å². The van der Waals surface area contributed by atoms with Gasteiger partial charge in [-0.1, -0.05) is 66.2 Å². The van der Waals surface area contributed by atoms with Crippen LogP contribution >= 0.6 is 0 Å². The Balaban J connectivity index is 2.59. The molecule has 0 saturated heterocycles. The van der Waals surface area contributed by atoms with E-state index < -0.39 is 0 Å². The number of allylic oxidation sites excluding steroid dienone is 1. The molecule has 0 unspecified atom stereocenters. The zero-order valence-electron chi connectivity index (χ0n) is 11.2. The zero-order chi connectivity index (χ0) is 12.8. The van der Waals surface area contributed by atoms with E-state index in [0.29, 0.717) is 0 Å². The smallest absolute Gasteiger partial charge is 0.0276 e. The van der Waals surface area contributed by atoms with E-state index in [2.05, 4.69) is 0 Å². The molecule has 0 aliphatic rings. The van der Waals surface area contributed by atoms with Crippen LogP contribution in [0.25, 0.3) is 5.57 Å². The topological polar surface area (TPSA) is 0 Å². The van der Waals surface area contributed by atoms with Crippen LogP contribution in [0.5, 0.6) is 0 Å². The Morgan fingerprint density at radius 2 is 1.19 bits per heavy atom. The molecule has 0 aliphatic carbocycles. The Labute approximate surface area is 100 Å². The van der Waals surface area contributed by atoms with Crippen molar-refractivity contribution < 1.29 is 2.74 Å². The van der Waals surface area contributed by atoms with Gasteiger partial charge in [0.2, 0.25) is 0 Å². The van der Waals surface area contributed by atoms with Gasteiger partial charge < -0.3 is 0 Å². The lowest BCUT2D eigenvalue weighted by molar-refractivity contribution is 1.37. The fourth-order valence-electron chi connectivity index (χ4n) is 1.78. The second-order valence-electron chi connectivity index (χ2n) is 3.71. The summed E-state index contributed by atoms with van der Waals surface area (Å²) in [7, 11) is 0. The summed E-state index contributed by atoms with van der Waals surface area (Å²) in [6.45, 7) is 0.339. The third kappa shape index (κ3) is 2.22. The van der Waals surface area contributed by atoms with Crippen molar-refractivity contribution >= 4 is 5.57 Å². The van der Waals surface area contributed by atoms with Crippen molar-refractivity contribution in [3.05, 3.63) is 77.4 Å². The second kappa shape index (κ2) is 4.80. The van der Waals surface area contributed by atoms with Gasteiger partial charge in [0.05, 0.1) is 0 Å². The van der Waals surface area contributed by atoms with Crippen molar-refractivity contribution in [1.29, 1.82) is 0 Å². The normalized spacial score (nSPS) is 11.5. The van der Waals surface area contributed by atoms with Crippen molar-refractivity contribution in [3.63, 3.8) is 0 Å². The van der Waals surface area contributed by atoms with Crippen LogP contribution in [0.2, 0.25) is 0 Å². The highest BCUT2D eigenvalue weighted by Crippen LogP contribution is 2.26. The zero-order valence-corrected chi connectivity index (χ0v) is 9.19. The summed E-state index contributed by atoms with van der Waals surface area (Å²) in [4.78, 5) is 0. The van der Waals surface area contributed by atoms with Gasteiger partial charge in [-0.25, -0.2) is 0 Å². The molecule has 0 saturated carbocycles. The molecule has 0 heteroatoms. The molecule has 80 valence electrons. The summed E-state index contributed by atoms with van der Waals surface area (Å²) in [5.41, 5.74) is 4.05. The Morgan fingerprint density at radius 1 is 0.750 bits per heavy atom. The monoisotopic (exact) mass is 210 g/mol. The van der Waals surface area contributed by atoms with Crippen LogP contribution < -0.4 is 0 Å². The number of rotatable bonds is 2. The molecular weight excluding hydrogens is 192 g/mol. The van der Waals surface area contributed by atoms with Crippen molar-refractivity contribution in [2.24, 2.45) is 0 Å². The maximum Gasteiger partial charge on any atom is 0.0276 e. The van der Waals surface area contributed by atoms with E-state index in [9.17, 15) is 0 Å². The van der Waals surface area contributed by atoms with E-state index in [1.165, 1.54) is 0 Å². The maximum absolute atomic E-state index is 7.61. The van der Waals surface area contributed by atoms with Gasteiger partial charge >= 0.3 is 0 Å². The summed E-state index contributed by atoms with van der Waals surface area (Å²) in [5.74, 6) is 0. The first-order valence-electron chi connectivity index (χ1n) is 6.69. The minimum atomic E-state index is 0.169. The number of benzene rings is 2. The molecule has 0 aromatic heterocycles. The Bertz CT molecular complexity index is 468. The molecule has 2 aromatic carbocycles. The molecule has 0 bridgehead atoms. The van der Waals surface area contributed by atoms with E-state index in [1.54, 1.807) is 0 Å². The summed E-state index contributed by atoms with van der Waals surface area (Å²) in [5, 5.41) is 0. The molecule has 0 aliphatic heterocycles. The van der Waals surface area contributed by atoms with Crippen LogP contribution in [0.15, 0.2) is 66.2 Å². The highest BCUT2D eigenvalue weighted by atomic mass is 14.1. The van der Waals surface area contributed by atoms with Crippen LogP contribution in [-0.4, -0.2) is 0 Å². The third-order valence-electron chi connectivity index (χ3n) is 2.48. The van der Waals surface area contributed by atoms with E-state index in [0.717, 1.165) is 22.3 Å². The summed E-state index contributed by atoms with van der Waals surface area (Å²) in [6, 6.07) is 20.1. The molecule has 0 nitrogen and oxygen atoms in total.